The van der Waals surface area contributed by atoms with Gasteiger partial charge in [-0.05, 0) is 23.8 Å². The molecule has 0 atom stereocenters. The highest BCUT2D eigenvalue weighted by Gasteiger charge is 2.28. The van der Waals surface area contributed by atoms with E-state index in [1.807, 2.05) is 30.3 Å². The molecular formula is C23H23F4N5O4. The maximum atomic E-state index is 12.5. The first-order valence-electron chi connectivity index (χ1n) is 10.8. The molecule has 0 saturated heterocycles. The number of carbonyl (C=O) groups is 2. The normalized spacial score (nSPS) is 11.2. The smallest absolute Gasteiger partial charge is 0.405 e. The van der Waals surface area contributed by atoms with Gasteiger partial charge in [0.1, 0.15) is 31.3 Å². The number of ether oxygens (including phenoxy) is 2. The summed E-state index contributed by atoms with van der Waals surface area (Å²) in [6.07, 6.45) is -3.23. The molecule has 13 heteroatoms. The number of hydrogen-bond acceptors (Lipinski definition) is 6. The van der Waals surface area contributed by atoms with E-state index in [1.165, 1.54) is 29.1 Å². The Kier molecular flexibility index (Phi) is 9.33. The van der Waals surface area contributed by atoms with Crippen LogP contribution in [0.5, 0.6) is 5.75 Å². The Labute approximate surface area is 203 Å². The zero-order valence-electron chi connectivity index (χ0n) is 18.9. The van der Waals surface area contributed by atoms with E-state index in [4.69, 9.17) is 9.47 Å². The third-order valence-electron chi connectivity index (χ3n) is 4.65. The van der Waals surface area contributed by atoms with Crippen molar-refractivity contribution in [3.05, 3.63) is 71.5 Å². The molecule has 9 nitrogen and oxygen atoms in total. The number of nitrogens with one attached hydrogen (secondary N) is 2. The highest BCUT2D eigenvalue weighted by atomic mass is 19.4. The van der Waals surface area contributed by atoms with Gasteiger partial charge in [-0.3, -0.25) is 9.59 Å². The molecule has 192 valence electrons. The van der Waals surface area contributed by atoms with Crippen LogP contribution in [0.3, 0.4) is 0 Å². The molecule has 2 N–H and O–H groups in total. The highest BCUT2D eigenvalue weighted by molar-refractivity contribution is 5.95. The minimum atomic E-state index is -4.57. The molecule has 0 bridgehead atoms. The molecule has 0 radical (unpaired) electrons. The summed E-state index contributed by atoms with van der Waals surface area (Å²) in [7, 11) is 0. The van der Waals surface area contributed by atoms with Gasteiger partial charge in [-0.15, -0.1) is 5.10 Å². The van der Waals surface area contributed by atoms with Crippen LogP contribution in [-0.4, -0.2) is 66.0 Å². The Hall–Kier alpha value is -4.00. The van der Waals surface area contributed by atoms with Gasteiger partial charge >= 0.3 is 6.18 Å². The number of rotatable bonds is 12. The van der Waals surface area contributed by atoms with Crippen LogP contribution in [0, 0.1) is 0 Å². The van der Waals surface area contributed by atoms with Crippen LogP contribution < -0.4 is 15.4 Å². The van der Waals surface area contributed by atoms with Gasteiger partial charge in [0.25, 0.3) is 11.8 Å². The van der Waals surface area contributed by atoms with E-state index in [1.54, 1.807) is 5.32 Å². The topological polar surface area (TPSA) is 107 Å². The predicted molar refractivity (Wildman–Crippen MR) is 120 cm³/mol. The summed E-state index contributed by atoms with van der Waals surface area (Å²) >= 11 is 0. The maximum Gasteiger partial charge on any atom is 0.405 e. The molecule has 0 fully saturated rings. The fourth-order valence-electron chi connectivity index (χ4n) is 2.96. The Morgan fingerprint density at radius 1 is 0.972 bits per heavy atom. The van der Waals surface area contributed by atoms with Crippen molar-refractivity contribution in [3.63, 3.8) is 0 Å². The number of halogens is 4. The third kappa shape index (κ3) is 8.05. The number of aromatic nitrogens is 3. The molecule has 2 aromatic carbocycles. The van der Waals surface area contributed by atoms with Gasteiger partial charge in [-0.1, -0.05) is 35.5 Å². The van der Waals surface area contributed by atoms with Gasteiger partial charge in [0.05, 0.1) is 19.4 Å². The summed E-state index contributed by atoms with van der Waals surface area (Å²) < 4.78 is 61.4. The van der Waals surface area contributed by atoms with Crippen molar-refractivity contribution in [1.82, 2.24) is 25.6 Å². The van der Waals surface area contributed by atoms with E-state index in [2.05, 4.69) is 15.6 Å². The van der Waals surface area contributed by atoms with Crippen molar-refractivity contribution >= 4 is 11.8 Å². The Morgan fingerprint density at radius 2 is 1.75 bits per heavy atom. The van der Waals surface area contributed by atoms with Crippen molar-refractivity contribution in [2.24, 2.45) is 0 Å². The molecule has 0 unspecified atom stereocenters. The molecule has 0 saturated carbocycles. The molecular weight excluding hydrogens is 486 g/mol. The number of hydrogen-bond donors (Lipinski definition) is 2. The van der Waals surface area contributed by atoms with Crippen LogP contribution >= 0.6 is 0 Å². The van der Waals surface area contributed by atoms with E-state index < -0.39 is 31.2 Å². The van der Waals surface area contributed by atoms with Crippen molar-refractivity contribution in [3.8, 4) is 11.4 Å². The number of benzene rings is 2. The van der Waals surface area contributed by atoms with Crippen molar-refractivity contribution in [2.45, 2.75) is 12.7 Å². The SMILES string of the molecule is O=C(NCC(F)(F)F)c1ccc(-n2cc(C(=O)NCc3ccccc3)nn2)c(OCCOCCF)c1. The predicted octanol–water partition coefficient (Wildman–Crippen LogP) is 2.85. The zero-order valence-corrected chi connectivity index (χ0v) is 18.9. The molecule has 0 aliphatic heterocycles. The second kappa shape index (κ2) is 12.6. The molecule has 0 aliphatic carbocycles. The number of alkyl halides is 4. The molecule has 1 heterocycles. The average molecular weight is 509 g/mol. The van der Waals surface area contributed by atoms with E-state index >= 15 is 0 Å². The number of carbonyl (C=O) groups excluding carboxylic acids is 2. The standard InChI is InChI=1S/C23H23F4N5O4/c24-8-9-35-10-11-36-20-12-17(21(33)29-15-23(25,26)27)6-7-19(20)32-14-18(30-31-32)22(34)28-13-16-4-2-1-3-5-16/h1-7,12,14H,8-11,13,15H2,(H,28,34)(H,29,33). The van der Waals surface area contributed by atoms with Crippen molar-refractivity contribution in [1.29, 1.82) is 0 Å². The van der Waals surface area contributed by atoms with Crippen LogP contribution in [0.4, 0.5) is 17.6 Å². The van der Waals surface area contributed by atoms with Gasteiger partial charge in [0, 0.05) is 12.1 Å². The second-order valence-corrected chi connectivity index (χ2v) is 7.35. The Morgan fingerprint density at radius 3 is 2.47 bits per heavy atom. The molecule has 0 aliphatic rings. The fraction of sp³-hybridized carbons (Fsp3) is 0.304. The van der Waals surface area contributed by atoms with Crippen molar-refractivity contribution in [2.75, 3.05) is 33.0 Å². The lowest BCUT2D eigenvalue weighted by atomic mass is 10.1. The largest absolute Gasteiger partial charge is 0.489 e. The molecule has 3 aromatic rings. The van der Waals surface area contributed by atoms with Crippen LogP contribution in [0.25, 0.3) is 5.69 Å². The molecule has 0 spiro atoms. The monoisotopic (exact) mass is 509 g/mol. The summed E-state index contributed by atoms with van der Waals surface area (Å²) in [6, 6.07) is 13.1. The molecule has 36 heavy (non-hydrogen) atoms. The van der Waals surface area contributed by atoms with Gasteiger partial charge in [-0.25, -0.2) is 9.07 Å². The summed E-state index contributed by atoms with van der Waals surface area (Å²) in [5, 5.41) is 12.3. The second-order valence-electron chi connectivity index (χ2n) is 7.35. The highest BCUT2D eigenvalue weighted by Crippen LogP contribution is 2.25. The first-order chi connectivity index (χ1) is 17.3. The van der Waals surface area contributed by atoms with Gasteiger partial charge < -0.3 is 20.1 Å². The molecule has 3 rings (SSSR count). The van der Waals surface area contributed by atoms with Gasteiger partial charge in [0.15, 0.2) is 5.69 Å². The zero-order chi connectivity index (χ0) is 26.0. The molecule has 1 aromatic heterocycles. The Balaban J connectivity index is 1.75. The maximum absolute atomic E-state index is 12.5. The lowest BCUT2D eigenvalue weighted by molar-refractivity contribution is -0.123. The van der Waals surface area contributed by atoms with E-state index in [0.29, 0.717) is 0 Å². The summed E-state index contributed by atoms with van der Waals surface area (Å²) in [4.78, 5) is 24.6. The molecule has 2 amide bonds. The minimum Gasteiger partial charge on any atom is -0.489 e. The first kappa shape index (κ1) is 26.6. The van der Waals surface area contributed by atoms with Gasteiger partial charge in [-0.2, -0.15) is 13.2 Å². The average Bonchev–Trinajstić information content (AvgIpc) is 3.36. The lowest BCUT2D eigenvalue weighted by Crippen LogP contribution is -2.33. The number of nitrogens with zero attached hydrogens (tertiary/aromatic N) is 3. The number of amides is 2. The van der Waals surface area contributed by atoms with E-state index in [0.717, 1.165) is 5.56 Å². The van der Waals surface area contributed by atoms with Gasteiger partial charge in [0.2, 0.25) is 0 Å². The fourth-order valence-corrected chi connectivity index (χ4v) is 2.96. The van der Waals surface area contributed by atoms with E-state index in [9.17, 15) is 27.2 Å². The first-order valence-corrected chi connectivity index (χ1v) is 10.8. The van der Waals surface area contributed by atoms with Crippen LogP contribution in [0.1, 0.15) is 26.4 Å². The quantitative estimate of drug-likeness (QED) is 0.287. The van der Waals surface area contributed by atoms with Crippen LogP contribution in [0.15, 0.2) is 54.7 Å². The minimum absolute atomic E-state index is 0.00940. The lowest BCUT2D eigenvalue weighted by Gasteiger charge is -2.14. The van der Waals surface area contributed by atoms with Crippen LogP contribution in [-0.2, 0) is 11.3 Å². The van der Waals surface area contributed by atoms with Crippen LogP contribution in [0.2, 0.25) is 0 Å². The summed E-state index contributed by atoms with van der Waals surface area (Å²) in [5.41, 5.74) is 1.07. The van der Waals surface area contributed by atoms with Crippen molar-refractivity contribution < 1.29 is 36.6 Å². The summed E-state index contributed by atoms with van der Waals surface area (Å²) in [6.45, 7) is -2.03. The third-order valence-corrected chi connectivity index (χ3v) is 4.65. The summed E-state index contributed by atoms with van der Waals surface area (Å²) in [5.74, 6) is -1.37. The van der Waals surface area contributed by atoms with E-state index in [-0.39, 0.29) is 49.1 Å². The Bertz CT molecular complexity index is 1150.